The van der Waals surface area contributed by atoms with E-state index in [4.69, 9.17) is 27.9 Å². The quantitative estimate of drug-likeness (QED) is 0.374. The van der Waals surface area contributed by atoms with Gasteiger partial charge in [0.1, 0.15) is 6.33 Å². The van der Waals surface area contributed by atoms with Gasteiger partial charge in [0.2, 0.25) is 11.6 Å². The normalized spacial score (nSPS) is 14.6. The van der Waals surface area contributed by atoms with Crippen molar-refractivity contribution in [1.82, 2.24) is 14.9 Å². The Kier molecular flexibility index (Phi) is 7.21. The van der Waals surface area contributed by atoms with Crippen molar-refractivity contribution in [3.05, 3.63) is 44.7 Å². The number of nitro groups is 1. The van der Waals surface area contributed by atoms with Crippen molar-refractivity contribution in [2.75, 3.05) is 50.0 Å². The number of halogens is 2. The lowest BCUT2D eigenvalue weighted by Crippen LogP contribution is -2.37. The number of benzene rings is 1. The van der Waals surface area contributed by atoms with Gasteiger partial charge >= 0.3 is 5.69 Å². The predicted octanol–water partition coefficient (Wildman–Crippen LogP) is 3.57. The highest BCUT2D eigenvalue weighted by atomic mass is 35.5. The lowest BCUT2D eigenvalue weighted by Gasteiger charge is -2.26. The van der Waals surface area contributed by atoms with E-state index in [1.54, 1.807) is 18.2 Å². The maximum absolute atomic E-state index is 11.6. The summed E-state index contributed by atoms with van der Waals surface area (Å²) in [5.41, 5.74) is 0.180. The monoisotopic (exact) mass is 426 g/mol. The maximum Gasteiger partial charge on any atom is 0.353 e. The SMILES string of the molecule is O=[N+]([O-])c1c(NCCCN2CCOCC2)ncnc1Nc1cccc(Cl)c1Cl. The average Bonchev–Trinajstić information content (AvgIpc) is 2.69. The van der Waals surface area contributed by atoms with Gasteiger partial charge in [-0.3, -0.25) is 15.0 Å². The molecule has 0 aliphatic carbocycles. The highest BCUT2D eigenvalue weighted by Crippen LogP contribution is 2.35. The van der Waals surface area contributed by atoms with Crippen molar-refractivity contribution < 1.29 is 9.66 Å². The second kappa shape index (κ2) is 9.83. The summed E-state index contributed by atoms with van der Waals surface area (Å²) < 4.78 is 5.32. The van der Waals surface area contributed by atoms with Crippen LogP contribution in [-0.2, 0) is 4.74 Å². The Balaban J connectivity index is 1.68. The summed E-state index contributed by atoms with van der Waals surface area (Å²) in [4.78, 5) is 21.4. The number of nitrogens with zero attached hydrogens (tertiary/aromatic N) is 4. The van der Waals surface area contributed by atoms with Crippen molar-refractivity contribution in [3.8, 4) is 0 Å². The molecule has 2 aromatic rings. The van der Waals surface area contributed by atoms with Crippen LogP contribution in [0.5, 0.6) is 0 Å². The number of hydrogen-bond acceptors (Lipinski definition) is 8. The van der Waals surface area contributed by atoms with E-state index in [1.807, 2.05) is 0 Å². The summed E-state index contributed by atoms with van der Waals surface area (Å²) >= 11 is 12.2. The fourth-order valence-corrected chi connectivity index (χ4v) is 3.18. The van der Waals surface area contributed by atoms with Crippen molar-refractivity contribution in [2.24, 2.45) is 0 Å². The number of ether oxygens (including phenoxy) is 1. The highest BCUT2D eigenvalue weighted by Gasteiger charge is 2.23. The third-order valence-corrected chi connectivity index (χ3v) is 5.08. The molecule has 0 amide bonds. The van der Waals surface area contributed by atoms with Gasteiger partial charge in [-0.15, -0.1) is 0 Å². The molecule has 1 aromatic heterocycles. The third kappa shape index (κ3) is 5.20. The van der Waals surface area contributed by atoms with Crippen LogP contribution in [0.1, 0.15) is 6.42 Å². The van der Waals surface area contributed by atoms with Crippen LogP contribution in [0.15, 0.2) is 24.5 Å². The summed E-state index contributed by atoms with van der Waals surface area (Å²) in [5, 5.41) is 18.1. The fourth-order valence-electron chi connectivity index (χ4n) is 2.83. The zero-order valence-corrected chi connectivity index (χ0v) is 16.5. The lowest BCUT2D eigenvalue weighted by atomic mass is 10.3. The van der Waals surface area contributed by atoms with E-state index in [1.165, 1.54) is 6.33 Å². The smallest absolute Gasteiger partial charge is 0.353 e. The summed E-state index contributed by atoms with van der Waals surface area (Å²) in [6, 6.07) is 4.98. The standard InChI is InChI=1S/C17H20Cl2N6O3/c18-12-3-1-4-13(14(12)19)23-17-15(25(26)27)16(21-11-22-17)20-5-2-6-24-7-9-28-10-8-24/h1,3-4,11H,2,5-10H2,(H2,20,21,22,23). The Bertz CT molecular complexity index is 833. The minimum atomic E-state index is -0.523. The zero-order valence-electron chi connectivity index (χ0n) is 15.0. The van der Waals surface area contributed by atoms with Crippen molar-refractivity contribution >= 4 is 46.2 Å². The molecule has 1 fully saturated rings. The molecule has 1 aliphatic rings. The summed E-state index contributed by atoms with van der Waals surface area (Å²) in [6.45, 7) is 4.73. The van der Waals surface area contributed by atoms with Crippen LogP contribution in [0.25, 0.3) is 0 Å². The second-order valence-electron chi connectivity index (χ2n) is 6.14. The van der Waals surface area contributed by atoms with Crippen LogP contribution < -0.4 is 10.6 Å². The van der Waals surface area contributed by atoms with Gasteiger partial charge in [-0.2, -0.15) is 0 Å². The zero-order chi connectivity index (χ0) is 19.9. The van der Waals surface area contributed by atoms with E-state index in [9.17, 15) is 10.1 Å². The number of aromatic nitrogens is 2. The van der Waals surface area contributed by atoms with Crippen molar-refractivity contribution in [1.29, 1.82) is 0 Å². The van der Waals surface area contributed by atoms with E-state index < -0.39 is 4.92 Å². The van der Waals surface area contributed by atoms with E-state index in [0.29, 0.717) is 17.3 Å². The topological polar surface area (TPSA) is 105 Å². The van der Waals surface area contributed by atoms with Crippen LogP contribution in [0.2, 0.25) is 10.0 Å². The molecule has 2 heterocycles. The molecular formula is C17H20Cl2N6O3. The first-order chi connectivity index (χ1) is 13.6. The Labute approximate surface area is 172 Å². The number of anilines is 3. The Hall–Kier alpha value is -2.20. The van der Waals surface area contributed by atoms with Crippen LogP contribution >= 0.6 is 23.2 Å². The van der Waals surface area contributed by atoms with Gasteiger partial charge in [0.25, 0.3) is 0 Å². The molecule has 11 heteroatoms. The van der Waals surface area contributed by atoms with Crippen LogP contribution in [0.3, 0.4) is 0 Å². The van der Waals surface area contributed by atoms with Crippen LogP contribution in [0, 0.1) is 10.1 Å². The number of rotatable bonds is 8. The maximum atomic E-state index is 11.6. The molecule has 1 saturated heterocycles. The van der Waals surface area contributed by atoms with E-state index in [2.05, 4.69) is 25.5 Å². The van der Waals surface area contributed by atoms with Crippen LogP contribution in [0.4, 0.5) is 23.0 Å². The highest BCUT2D eigenvalue weighted by molar-refractivity contribution is 6.43. The molecular weight excluding hydrogens is 407 g/mol. The molecule has 0 spiro atoms. The summed E-state index contributed by atoms with van der Waals surface area (Å²) in [7, 11) is 0. The van der Waals surface area contributed by atoms with Gasteiger partial charge in [-0.05, 0) is 25.1 Å². The predicted molar refractivity (Wildman–Crippen MR) is 109 cm³/mol. The fraction of sp³-hybridized carbons (Fsp3) is 0.412. The van der Waals surface area contributed by atoms with Crippen molar-refractivity contribution in [3.63, 3.8) is 0 Å². The number of nitrogens with one attached hydrogen (secondary N) is 2. The number of morpholine rings is 1. The first kappa shape index (κ1) is 20.5. The molecule has 0 atom stereocenters. The molecule has 3 rings (SSSR count). The minimum Gasteiger partial charge on any atom is -0.379 e. The first-order valence-corrected chi connectivity index (χ1v) is 9.56. The first-order valence-electron chi connectivity index (χ1n) is 8.80. The molecule has 0 unspecified atom stereocenters. The summed E-state index contributed by atoms with van der Waals surface area (Å²) in [6.07, 6.45) is 2.09. The van der Waals surface area contributed by atoms with Crippen LogP contribution in [-0.4, -0.2) is 59.2 Å². The Morgan fingerprint density at radius 2 is 1.96 bits per heavy atom. The molecule has 9 nitrogen and oxygen atoms in total. The van der Waals surface area contributed by atoms with Crippen molar-refractivity contribution in [2.45, 2.75) is 6.42 Å². The largest absolute Gasteiger partial charge is 0.379 e. The Morgan fingerprint density at radius 3 is 2.71 bits per heavy atom. The second-order valence-corrected chi connectivity index (χ2v) is 6.92. The van der Waals surface area contributed by atoms with Gasteiger partial charge in [-0.1, -0.05) is 29.3 Å². The van der Waals surface area contributed by atoms with E-state index in [0.717, 1.165) is 39.3 Å². The van der Waals surface area contributed by atoms with Gasteiger partial charge in [-0.25, -0.2) is 9.97 Å². The molecule has 0 radical (unpaired) electrons. The molecule has 0 saturated carbocycles. The third-order valence-electron chi connectivity index (χ3n) is 4.26. The molecule has 28 heavy (non-hydrogen) atoms. The molecule has 150 valence electrons. The Morgan fingerprint density at radius 1 is 1.21 bits per heavy atom. The van der Waals surface area contributed by atoms with E-state index >= 15 is 0 Å². The average molecular weight is 427 g/mol. The van der Waals surface area contributed by atoms with Gasteiger partial charge in [0.15, 0.2) is 0 Å². The molecule has 0 bridgehead atoms. The molecule has 1 aromatic carbocycles. The van der Waals surface area contributed by atoms with Gasteiger partial charge in [0.05, 0.1) is 33.9 Å². The number of hydrogen-bond donors (Lipinski definition) is 2. The van der Waals surface area contributed by atoms with Gasteiger partial charge < -0.3 is 15.4 Å². The van der Waals surface area contributed by atoms with Gasteiger partial charge in [0, 0.05) is 19.6 Å². The summed E-state index contributed by atoms with van der Waals surface area (Å²) in [5.74, 6) is 0.197. The minimum absolute atomic E-state index is 0.0415. The lowest BCUT2D eigenvalue weighted by molar-refractivity contribution is -0.383. The molecule has 1 aliphatic heterocycles. The molecule has 2 N–H and O–H groups in total. The van der Waals surface area contributed by atoms with E-state index in [-0.39, 0.29) is 22.3 Å².